The van der Waals surface area contributed by atoms with Crippen LogP contribution in [0, 0.1) is 0 Å². The summed E-state index contributed by atoms with van der Waals surface area (Å²) >= 11 is 0. The molecule has 1 aromatic rings. The third kappa shape index (κ3) is 5.40. The zero-order valence-corrected chi connectivity index (χ0v) is 12.5. The van der Waals surface area contributed by atoms with Gasteiger partial charge in [0, 0.05) is 25.9 Å². The van der Waals surface area contributed by atoms with Crippen molar-refractivity contribution in [1.29, 1.82) is 0 Å². The quantitative estimate of drug-likeness (QED) is 0.832. The molecule has 0 radical (unpaired) electrons. The highest BCUT2D eigenvalue weighted by Gasteiger charge is 2.10. The SMILES string of the molecule is CN(C)C(=O)CNC(=O)c1ccc(CS(C)(=O)=O)cc1. The van der Waals surface area contributed by atoms with Crippen LogP contribution in [0.1, 0.15) is 15.9 Å². The van der Waals surface area contributed by atoms with E-state index in [1.54, 1.807) is 26.2 Å². The number of amides is 2. The standard InChI is InChI=1S/C13H18N2O4S/c1-15(2)12(16)8-14-13(17)11-6-4-10(5-7-11)9-20(3,18)19/h4-7H,8-9H2,1-3H3,(H,14,17). The lowest BCUT2D eigenvalue weighted by Crippen LogP contribution is -2.36. The third-order valence-corrected chi connectivity index (χ3v) is 3.40. The smallest absolute Gasteiger partial charge is 0.251 e. The molecule has 1 rings (SSSR count). The summed E-state index contributed by atoms with van der Waals surface area (Å²) in [6.07, 6.45) is 1.15. The second-order valence-electron chi connectivity index (χ2n) is 4.74. The summed E-state index contributed by atoms with van der Waals surface area (Å²) < 4.78 is 22.3. The highest BCUT2D eigenvalue weighted by molar-refractivity contribution is 7.89. The Kier molecular flexibility index (Phi) is 5.26. The monoisotopic (exact) mass is 298 g/mol. The fourth-order valence-electron chi connectivity index (χ4n) is 1.47. The molecular weight excluding hydrogens is 280 g/mol. The largest absolute Gasteiger partial charge is 0.347 e. The lowest BCUT2D eigenvalue weighted by atomic mass is 10.1. The molecule has 0 aliphatic heterocycles. The van der Waals surface area contributed by atoms with Gasteiger partial charge in [0.2, 0.25) is 5.91 Å². The maximum Gasteiger partial charge on any atom is 0.251 e. The van der Waals surface area contributed by atoms with Crippen molar-refractivity contribution in [2.75, 3.05) is 26.9 Å². The molecule has 0 fully saturated rings. The Bertz CT molecular complexity index is 591. The van der Waals surface area contributed by atoms with Crippen molar-refractivity contribution >= 4 is 21.7 Å². The van der Waals surface area contributed by atoms with E-state index >= 15 is 0 Å². The summed E-state index contributed by atoms with van der Waals surface area (Å²) in [6.45, 7) is -0.0725. The second kappa shape index (κ2) is 6.51. The number of hydrogen-bond donors (Lipinski definition) is 1. The Hall–Kier alpha value is -1.89. The summed E-state index contributed by atoms with van der Waals surface area (Å²) in [5, 5.41) is 2.50. The van der Waals surface area contributed by atoms with Gasteiger partial charge in [0.15, 0.2) is 9.84 Å². The summed E-state index contributed by atoms with van der Waals surface area (Å²) in [5.41, 5.74) is 1.00. The Morgan fingerprint density at radius 1 is 1.15 bits per heavy atom. The number of hydrogen-bond acceptors (Lipinski definition) is 4. The molecule has 6 nitrogen and oxygen atoms in total. The van der Waals surface area contributed by atoms with Crippen molar-refractivity contribution in [2.24, 2.45) is 0 Å². The highest BCUT2D eigenvalue weighted by atomic mass is 32.2. The van der Waals surface area contributed by atoms with Gasteiger partial charge in [-0.3, -0.25) is 9.59 Å². The minimum absolute atomic E-state index is 0.0615. The predicted molar refractivity (Wildman–Crippen MR) is 76.0 cm³/mol. The van der Waals surface area contributed by atoms with Crippen molar-refractivity contribution in [3.05, 3.63) is 35.4 Å². The van der Waals surface area contributed by atoms with Gasteiger partial charge >= 0.3 is 0 Å². The van der Waals surface area contributed by atoms with Crippen LogP contribution in [0.3, 0.4) is 0 Å². The normalized spacial score (nSPS) is 10.9. The molecule has 0 aliphatic rings. The molecule has 0 saturated heterocycles. The van der Waals surface area contributed by atoms with Crippen molar-refractivity contribution in [1.82, 2.24) is 10.2 Å². The molecule has 110 valence electrons. The topological polar surface area (TPSA) is 83.6 Å². The molecule has 20 heavy (non-hydrogen) atoms. The van der Waals surface area contributed by atoms with Crippen LogP contribution < -0.4 is 5.32 Å². The molecule has 2 amide bonds. The maximum atomic E-state index is 11.8. The fraction of sp³-hybridized carbons (Fsp3) is 0.385. The zero-order valence-electron chi connectivity index (χ0n) is 11.7. The van der Waals surface area contributed by atoms with E-state index < -0.39 is 9.84 Å². The summed E-state index contributed by atoms with van der Waals surface area (Å²) in [7, 11) is 0.119. The minimum Gasteiger partial charge on any atom is -0.347 e. The molecule has 0 aromatic heterocycles. The van der Waals surface area contributed by atoms with Crippen LogP contribution in [0.2, 0.25) is 0 Å². The maximum absolute atomic E-state index is 11.8. The Morgan fingerprint density at radius 2 is 1.70 bits per heavy atom. The Balaban J connectivity index is 2.64. The molecule has 0 unspecified atom stereocenters. The molecule has 0 spiro atoms. The number of sulfone groups is 1. The number of benzene rings is 1. The van der Waals surface area contributed by atoms with Crippen LogP contribution in [0.15, 0.2) is 24.3 Å². The van der Waals surface area contributed by atoms with Gasteiger partial charge < -0.3 is 10.2 Å². The van der Waals surface area contributed by atoms with E-state index in [1.165, 1.54) is 17.0 Å². The molecule has 1 N–H and O–H groups in total. The van der Waals surface area contributed by atoms with Crippen LogP contribution in [-0.2, 0) is 20.4 Å². The third-order valence-electron chi connectivity index (χ3n) is 2.54. The highest BCUT2D eigenvalue weighted by Crippen LogP contribution is 2.07. The van der Waals surface area contributed by atoms with Crippen LogP contribution in [0.25, 0.3) is 0 Å². The van der Waals surface area contributed by atoms with Gasteiger partial charge in [-0.15, -0.1) is 0 Å². The van der Waals surface area contributed by atoms with E-state index in [4.69, 9.17) is 0 Å². The number of nitrogens with zero attached hydrogens (tertiary/aromatic N) is 1. The van der Waals surface area contributed by atoms with Crippen molar-refractivity contribution in [2.45, 2.75) is 5.75 Å². The number of nitrogens with one attached hydrogen (secondary N) is 1. The number of carbonyl (C=O) groups excluding carboxylic acids is 2. The second-order valence-corrected chi connectivity index (χ2v) is 6.88. The van der Waals surface area contributed by atoms with Crippen LogP contribution in [0.4, 0.5) is 0 Å². The fourth-order valence-corrected chi connectivity index (χ4v) is 2.27. The average Bonchev–Trinajstić information content (AvgIpc) is 2.34. The van der Waals surface area contributed by atoms with E-state index in [2.05, 4.69) is 5.32 Å². The average molecular weight is 298 g/mol. The van der Waals surface area contributed by atoms with Gasteiger partial charge in [0.05, 0.1) is 12.3 Å². The van der Waals surface area contributed by atoms with Gasteiger partial charge in [-0.2, -0.15) is 0 Å². The van der Waals surface area contributed by atoms with Gasteiger partial charge in [-0.05, 0) is 17.7 Å². The van der Waals surface area contributed by atoms with E-state index in [9.17, 15) is 18.0 Å². The first-order chi connectivity index (χ1) is 9.19. The number of carbonyl (C=O) groups is 2. The molecule has 0 aliphatic carbocycles. The summed E-state index contributed by atoms with van der Waals surface area (Å²) in [4.78, 5) is 24.5. The predicted octanol–water partition coefficient (Wildman–Crippen LogP) is 0.0492. The number of likely N-dealkylation sites (N-methyl/N-ethyl adjacent to an activating group) is 1. The molecular formula is C13H18N2O4S. The van der Waals surface area contributed by atoms with Gasteiger partial charge in [0.1, 0.15) is 0 Å². The molecule has 0 heterocycles. The lowest BCUT2D eigenvalue weighted by molar-refractivity contribution is -0.127. The first-order valence-electron chi connectivity index (χ1n) is 5.94. The van der Waals surface area contributed by atoms with E-state index in [-0.39, 0.29) is 24.1 Å². The summed E-state index contributed by atoms with van der Waals surface area (Å²) in [6, 6.07) is 6.25. The summed E-state index contributed by atoms with van der Waals surface area (Å²) in [5.74, 6) is -0.633. The van der Waals surface area contributed by atoms with Crippen LogP contribution in [0.5, 0.6) is 0 Å². The van der Waals surface area contributed by atoms with Crippen LogP contribution >= 0.6 is 0 Å². The molecule has 1 aromatic carbocycles. The van der Waals surface area contributed by atoms with Gasteiger partial charge in [-0.25, -0.2) is 8.42 Å². The zero-order chi connectivity index (χ0) is 15.3. The van der Waals surface area contributed by atoms with Crippen molar-refractivity contribution in [3.8, 4) is 0 Å². The van der Waals surface area contributed by atoms with Crippen molar-refractivity contribution in [3.63, 3.8) is 0 Å². The first kappa shape index (κ1) is 16.2. The molecule has 0 bridgehead atoms. The molecule has 0 atom stereocenters. The van der Waals surface area contributed by atoms with E-state index in [0.29, 0.717) is 11.1 Å². The Morgan fingerprint density at radius 3 is 2.15 bits per heavy atom. The van der Waals surface area contributed by atoms with Crippen LogP contribution in [-0.4, -0.2) is 52.0 Å². The Labute approximate surface area is 118 Å². The number of rotatable bonds is 5. The van der Waals surface area contributed by atoms with E-state index in [1.807, 2.05) is 0 Å². The lowest BCUT2D eigenvalue weighted by Gasteiger charge is -2.11. The van der Waals surface area contributed by atoms with Crippen molar-refractivity contribution < 1.29 is 18.0 Å². The molecule has 7 heteroatoms. The van der Waals surface area contributed by atoms with Gasteiger partial charge in [-0.1, -0.05) is 12.1 Å². The first-order valence-corrected chi connectivity index (χ1v) is 8.00. The molecule has 0 saturated carbocycles. The van der Waals surface area contributed by atoms with E-state index in [0.717, 1.165) is 6.26 Å². The minimum atomic E-state index is -3.09. The van der Waals surface area contributed by atoms with Gasteiger partial charge in [0.25, 0.3) is 5.91 Å².